The summed E-state index contributed by atoms with van der Waals surface area (Å²) in [4.78, 5) is 11.9. The van der Waals surface area contributed by atoms with E-state index < -0.39 is 6.04 Å². The number of aryl methyl sites for hydroxylation is 1. The maximum Gasteiger partial charge on any atom is 0.198 e. The first kappa shape index (κ1) is 12.1. The van der Waals surface area contributed by atoms with Crippen molar-refractivity contribution in [1.29, 1.82) is 0 Å². The van der Waals surface area contributed by atoms with Crippen LogP contribution in [-0.4, -0.2) is 21.6 Å². The molecule has 0 saturated carbocycles. The second kappa shape index (κ2) is 5.23. The third-order valence-electron chi connectivity index (χ3n) is 2.09. The normalized spacial score (nSPS) is 12.5. The van der Waals surface area contributed by atoms with Crippen molar-refractivity contribution in [1.82, 2.24) is 9.78 Å². The molecule has 0 amide bonds. The Bertz CT molecular complexity index is 373. The largest absolute Gasteiger partial charge is 0.321 e. The Morgan fingerprint density at radius 1 is 1.87 bits per heavy atom. The van der Waals surface area contributed by atoms with Crippen molar-refractivity contribution < 1.29 is 4.79 Å². The average Bonchev–Trinajstić information content (AvgIpc) is 2.58. The summed E-state index contributed by atoms with van der Waals surface area (Å²) in [5.41, 5.74) is 6.26. The van der Waals surface area contributed by atoms with Gasteiger partial charge in [-0.15, -0.1) is 6.58 Å². The van der Waals surface area contributed by atoms with Gasteiger partial charge in [-0.3, -0.25) is 9.48 Å². The first-order valence-electron chi connectivity index (χ1n) is 4.73. The molecule has 0 aliphatic rings. The van der Waals surface area contributed by atoms with Crippen molar-refractivity contribution in [3.8, 4) is 0 Å². The molecule has 1 heterocycles. The molecule has 2 N–H and O–H groups in total. The molecule has 0 radical (unpaired) electrons. The van der Waals surface area contributed by atoms with E-state index in [9.17, 15) is 4.79 Å². The summed E-state index contributed by atoms with van der Waals surface area (Å²) in [6.45, 7) is 6.14. The highest BCUT2D eigenvalue weighted by Gasteiger charge is 2.21. The molecule has 15 heavy (non-hydrogen) atoms. The van der Waals surface area contributed by atoms with Crippen LogP contribution in [0.5, 0.6) is 0 Å². The monoisotopic (exact) mass is 271 g/mol. The van der Waals surface area contributed by atoms with Gasteiger partial charge in [-0.05, 0) is 29.3 Å². The third kappa shape index (κ3) is 2.54. The molecule has 0 bridgehead atoms. The molecular weight excluding hydrogens is 258 g/mol. The summed E-state index contributed by atoms with van der Waals surface area (Å²) in [5, 5.41) is 4.07. The standard InChI is InChI=1S/C10H14BrN3O/c1-3-5-8(12)10(15)9-7(11)6-13-14(9)4-2/h3,6,8H,1,4-5,12H2,2H3. The lowest BCUT2D eigenvalue weighted by atomic mass is 10.1. The Hall–Kier alpha value is -0.940. The number of carbonyl (C=O) groups excluding carboxylic acids is 1. The molecule has 4 nitrogen and oxygen atoms in total. The first-order valence-corrected chi connectivity index (χ1v) is 5.53. The summed E-state index contributed by atoms with van der Waals surface area (Å²) in [5.74, 6) is -0.110. The van der Waals surface area contributed by atoms with Crippen LogP contribution in [0.4, 0.5) is 0 Å². The fourth-order valence-corrected chi connectivity index (χ4v) is 1.80. The Kier molecular flexibility index (Phi) is 4.23. The van der Waals surface area contributed by atoms with Crippen molar-refractivity contribution in [2.75, 3.05) is 0 Å². The van der Waals surface area contributed by atoms with Crippen molar-refractivity contribution in [3.05, 3.63) is 29.0 Å². The third-order valence-corrected chi connectivity index (χ3v) is 2.67. The van der Waals surface area contributed by atoms with Crippen LogP contribution in [0.3, 0.4) is 0 Å². The van der Waals surface area contributed by atoms with Gasteiger partial charge in [0.25, 0.3) is 0 Å². The minimum atomic E-state index is -0.541. The lowest BCUT2D eigenvalue weighted by Gasteiger charge is -2.09. The molecule has 1 rings (SSSR count). The molecule has 1 aromatic heterocycles. The number of Topliss-reactive ketones (excluding diaryl/α,β-unsaturated/α-hetero) is 1. The molecular formula is C10H14BrN3O. The van der Waals surface area contributed by atoms with Gasteiger partial charge < -0.3 is 5.73 Å². The molecule has 0 aliphatic carbocycles. The van der Waals surface area contributed by atoms with E-state index in [-0.39, 0.29) is 5.78 Å². The number of halogens is 1. The number of aromatic nitrogens is 2. The molecule has 1 aromatic rings. The lowest BCUT2D eigenvalue weighted by molar-refractivity contribution is 0.0950. The molecule has 5 heteroatoms. The lowest BCUT2D eigenvalue weighted by Crippen LogP contribution is -2.31. The number of nitrogens with zero attached hydrogens (tertiary/aromatic N) is 2. The number of nitrogens with two attached hydrogens (primary N) is 1. The maximum atomic E-state index is 11.9. The highest BCUT2D eigenvalue weighted by molar-refractivity contribution is 9.10. The van der Waals surface area contributed by atoms with E-state index in [1.807, 2.05) is 6.92 Å². The van der Waals surface area contributed by atoms with E-state index in [1.165, 1.54) is 0 Å². The summed E-state index contributed by atoms with van der Waals surface area (Å²) in [6.07, 6.45) is 3.72. The van der Waals surface area contributed by atoms with E-state index in [2.05, 4.69) is 27.6 Å². The fraction of sp³-hybridized carbons (Fsp3) is 0.400. The van der Waals surface area contributed by atoms with Crippen LogP contribution >= 0.6 is 15.9 Å². The van der Waals surface area contributed by atoms with Gasteiger partial charge in [-0.25, -0.2) is 0 Å². The van der Waals surface area contributed by atoms with Crippen LogP contribution in [0, 0.1) is 0 Å². The topological polar surface area (TPSA) is 60.9 Å². The van der Waals surface area contributed by atoms with Crippen LogP contribution in [0.1, 0.15) is 23.8 Å². The number of hydrogen-bond acceptors (Lipinski definition) is 3. The smallest absolute Gasteiger partial charge is 0.198 e. The SMILES string of the molecule is C=CCC(N)C(=O)c1c(Br)cnn1CC. The predicted molar refractivity (Wildman–Crippen MR) is 62.7 cm³/mol. The number of carbonyl (C=O) groups is 1. The predicted octanol–water partition coefficient (Wildman–Crippen LogP) is 1.75. The average molecular weight is 272 g/mol. The molecule has 0 saturated heterocycles. The summed E-state index contributed by atoms with van der Waals surface area (Å²) in [6, 6.07) is -0.541. The Labute approximate surface area is 97.3 Å². The molecule has 0 aliphatic heterocycles. The van der Waals surface area contributed by atoms with Crippen molar-refractivity contribution >= 4 is 21.7 Å². The van der Waals surface area contributed by atoms with Gasteiger partial charge in [0.15, 0.2) is 5.78 Å². The van der Waals surface area contributed by atoms with Gasteiger partial charge in [0.2, 0.25) is 0 Å². The van der Waals surface area contributed by atoms with Crippen LogP contribution in [0.25, 0.3) is 0 Å². The van der Waals surface area contributed by atoms with Crippen LogP contribution < -0.4 is 5.73 Å². The van der Waals surface area contributed by atoms with E-state index in [1.54, 1.807) is 17.0 Å². The zero-order chi connectivity index (χ0) is 11.4. The van der Waals surface area contributed by atoms with E-state index in [0.717, 1.165) is 0 Å². The van der Waals surface area contributed by atoms with Gasteiger partial charge >= 0.3 is 0 Å². The minimum Gasteiger partial charge on any atom is -0.321 e. The summed E-state index contributed by atoms with van der Waals surface area (Å²) in [7, 11) is 0. The molecule has 0 fully saturated rings. The van der Waals surface area contributed by atoms with Crippen molar-refractivity contribution in [3.63, 3.8) is 0 Å². The number of hydrogen-bond donors (Lipinski definition) is 1. The van der Waals surface area contributed by atoms with E-state index in [0.29, 0.717) is 23.1 Å². The van der Waals surface area contributed by atoms with Crippen molar-refractivity contribution in [2.24, 2.45) is 5.73 Å². The molecule has 0 aromatic carbocycles. The molecule has 1 atom stereocenters. The zero-order valence-corrected chi connectivity index (χ0v) is 10.2. The van der Waals surface area contributed by atoms with Gasteiger partial charge in [0, 0.05) is 6.54 Å². The highest BCUT2D eigenvalue weighted by atomic mass is 79.9. The maximum absolute atomic E-state index is 11.9. The quantitative estimate of drug-likeness (QED) is 0.656. The van der Waals surface area contributed by atoms with Gasteiger partial charge in [0.1, 0.15) is 5.69 Å². The van der Waals surface area contributed by atoms with Crippen LogP contribution in [0.2, 0.25) is 0 Å². The summed E-state index contributed by atoms with van der Waals surface area (Å²) < 4.78 is 2.32. The Balaban J connectivity index is 2.98. The minimum absolute atomic E-state index is 0.110. The van der Waals surface area contributed by atoms with Gasteiger partial charge in [0.05, 0.1) is 16.7 Å². The molecule has 82 valence electrons. The Morgan fingerprint density at radius 3 is 3.07 bits per heavy atom. The second-order valence-corrected chi connectivity index (χ2v) is 4.01. The summed E-state index contributed by atoms with van der Waals surface area (Å²) >= 11 is 3.29. The van der Waals surface area contributed by atoms with Crippen LogP contribution in [-0.2, 0) is 6.54 Å². The van der Waals surface area contributed by atoms with E-state index >= 15 is 0 Å². The van der Waals surface area contributed by atoms with Crippen LogP contribution in [0.15, 0.2) is 23.3 Å². The number of ketones is 1. The highest BCUT2D eigenvalue weighted by Crippen LogP contribution is 2.18. The molecule has 1 unspecified atom stereocenters. The zero-order valence-electron chi connectivity index (χ0n) is 8.61. The Morgan fingerprint density at radius 2 is 2.53 bits per heavy atom. The van der Waals surface area contributed by atoms with E-state index in [4.69, 9.17) is 5.73 Å². The molecule has 0 spiro atoms. The van der Waals surface area contributed by atoms with Crippen molar-refractivity contribution in [2.45, 2.75) is 25.9 Å². The van der Waals surface area contributed by atoms with Gasteiger partial charge in [-0.1, -0.05) is 6.08 Å². The first-order chi connectivity index (χ1) is 7.11. The van der Waals surface area contributed by atoms with Gasteiger partial charge in [-0.2, -0.15) is 5.10 Å². The second-order valence-electron chi connectivity index (χ2n) is 3.15. The number of rotatable bonds is 5. The fourth-order valence-electron chi connectivity index (χ4n) is 1.31.